The molecule has 4 heteroatoms. The largest absolute Gasteiger partial charge is 0.480 e. The Morgan fingerprint density at radius 2 is 1.95 bits per heavy atom. The van der Waals surface area contributed by atoms with Crippen molar-refractivity contribution in [3.63, 3.8) is 0 Å². The zero-order valence-corrected chi connectivity index (χ0v) is 13.0. The number of hydrogen-bond donors (Lipinski definition) is 1. The number of carboxylic acids is 1. The Labute approximate surface area is 122 Å². The maximum atomic E-state index is 11.7. The molecule has 1 heterocycles. The maximum Gasteiger partial charge on any atom is 0.320 e. The minimum atomic E-state index is -0.657. The van der Waals surface area contributed by atoms with Crippen LogP contribution in [-0.4, -0.2) is 47.8 Å². The first-order valence-corrected chi connectivity index (χ1v) is 8.05. The topological polar surface area (TPSA) is 49.8 Å². The zero-order valence-electron chi connectivity index (χ0n) is 13.0. The molecule has 1 saturated heterocycles. The van der Waals surface area contributed by atoms with E-state index in [9.17, 15) is 9.90 Å². The third-order valence-corrected chi connectivity index (χ3v) is 5.20. The van der Waals surface area contributed by atoms with Gasteiger partial charge in [0, 0.05) is 19.2 Å². The molecule has 0 radical (unpaired) electrons. The monoisotopic (exact) mass is 283 g/mol. The summed E-state index contributed by atoms with van der Waals surface area (Å²) >= 11 is 0. The van der Waals surface area contributed by atoms with Crippen molar-refractivity contribution in [3.05, 3.63) is 0 Å². The van der Waals surface area contributed by atoms with Crippen molar-refractivity contribution in [2.24, 2.45) is 11.8 Å². The van der Waals surface area contributed by atoms with Crippen LogP contribution in [-0.2, 0) is 9.53 Å². The van der Waals surface area contributed by atoms with E-state index in [0.717, 1.165) is 19.3 Å². The lowest BCUT2D eigenvalue weighted by Crippen LogP contribution is -2.61. The van der Waals surface area contributed by atoms with Gasteiger partial charge in [0.2, 0.25) is 0 Å². The number of ether oxygens (including phenoxy) is 1. The first-order valence-electron chi connectivity index (χ1n) is 8.05. The Bertz CT molecular complexity index is 328. The highest BCUT2D eigenvalue weighted by molar-refractivity contribution is 5.73. The fourth-order valence-corrected chi connectivity index (χ4v) is 4.19. The fraction of sp³-hybridized carbons (Fsp3) is 0.938. The summed E-state index contributed by atoms with van der Waals surface area (Å²) in [7, 11) is 1.72. The Balaban J connectivity index is 2.25. The van der Waals surface area contributed by atoms with Gasteiger partial charge < -0.3 is 9.84 Å². The van der Waals surface area contributed by atoms with Crippen molar-refractivity contribution >= 4 is 5.97 Å². The van der Waals surface area contributed by atoms with Crippen molar-refractivity contribution in [3.8, 4) is 0 Å². The molecular formula is C16H29NO3. The number of carbonyl (C=O) groups is 1. The predicted molar refractivity (Wildman–Crippen MR) is 78.7 cm³/mol. The summed E-state index contributed by atoms with van der Waals surface area (Å²) in [4.78, 5) is 14.0. The number of fused-ring (bicyclic) bond motifs is 1. The number of nitrogens with zero attached hydrogens (tertiary/aromatic N) is 1. The zero-order chi connectivity index (χ0) is 14.7. The number of methoxy groups -OCH3 is 1. The Morgan fingerprint density at radius 3 is 2.55 bits per heavy atom. The van der Waals surface area contributed by atoms with Gasteiger partial charge in [-0.3, -0.25) is 9.69 Å². The molecule has 0 bridgehead atoms. The van der Waals surface area contributed by atoms with Gasteiger partial charge in [-0.15, -0.1) is 0 Å². The normalized spacial score (nSPS) is 32.9. The molecule has 1 aliphatic heterocycles. The lowest BCUT2D eigenvalue weighted by Gasteiger charge is -2.51. The minimum absolute atomic E-state index is 0.215. The van der Waals surface area contributed by atoms with Crippen LogP contribution in [0.1, 0.15) is 52.4 Å². The van der Waals surface area contributed by atoms with E-state index >= 15 is 0 Å². The molecule has 1 N–H and O–H groups in total. The first kappa shape index (κ1) is 15.8. The van der Waals surface area contributed by atoms with E-state index in [2.05, 4.69) is 18.7 Å². The Hall–Kier alpha value is -0.610. The van der Waals surface area contributed by atoms with Gasteiger partial charge in [0.25, 0.3) is 0 Å². The van der Waals surface area contributed by atoms with Gasteiger partial charge in [0.15, 0.2) is 0 Å². The van der Waals surface area contributed by atoms with Crippen molar-refractivity contribution in [2.75, 3.05) is 13.7 Å². The third-order valence-electron chi connectivity index (χ3n) is 5.20. The number of carboxylic acid groups (broad SMARTS) is 1. The van der Waals surface area contributed by atoms with E-state index in [1.54, 1.807) is 7.11 Å². The number of piperidine rings is 1. The van der Waals surface area contributed by atoms with Crippen LogP contribution in [0.4, 0.5) is 0 Å². The lowest BCUT2D eigenvalue weighted by molar-refractivity contribution is -0.152. The van der Waals surface area contributed by atoms with Crippen LogP contribution in [0.25, 0.3) is 0 Å². The van der Waals surface area contributed by atoms with Crippen LogP contribution < -0.4 is 0 Å². The van der Waals surface area contributed by atoms with Crippen LogP contribution in [0.3, 0.4) is 0 Å². The number of aliphatic carboxylic acids is 1. The smallest absolute Gasteiger partial charge is 0.320 e. The predicted octanol–water partition coefficient (Wildman–Crippen LogP) is 2.77. The molecule has 20 heavy (non-hydrogen) atoms. The molecule has 2 rings (SSSR count). The van der Waals surface area contributed by atoms with E-state index in [1.165, 1.54) is 19.3 Å². The highest BCUT2D eigenvalue weighted by atomic mass is 16.5. The molecule has 116 valence electrons. The van der Waals surface area contributed by atoms with E-state index < -0.39 is 5.97 Å². The molecule has 1 saturated carbocycles. The van der Waals surface area contributed by atoms with E-state index in [0.29, 0.717) is 24.5 Å². The quantitative estimate of drug-likeness (QED) is 0.843. The minimum Gasteiger partial charge on any atom is -0.480 e. The van der Waals surface area contributed by atoms with Gasteiger partial charge in [-0.05, 0) is 37.5 Å². The molecule has 2 aliphatic rings. The van der Waals surface area contributed by atoms with Gasteiger partial charge in [0.05, 0.1) is 6.61 Å². The van der Waals surface area contributed by atoms with Gasteiger partial charge in [-0.25, -0.2) is 0 Å². The molecule has 2 fully saturated rings. The molecule has 0 spiro atoms. The summed E-state index contributed by atoms with van der Waals surface area (Å²) in [6, 6.07) is 0.338. The maximum absolute atomic E-state index is 11.7. The second-order valence-corrected chi connectivity index (χ2v) is 6.76. The van der Waals surface area contributed by atoms with Crippen molar-refractivity contribution in [1.82, 2.24) is 4.90 Å². The van der Waals surface area contributed by atoms with E-state index in [1.807, 2.05) is 0 Å². The highest BCUT2D eigenvalue weighted by Crippen LogP contribution is 2.40. The summed E-state index contributed by atoms with van der Waals surface area (Å²) in [6.45, 7) is 4.98. The van der Waals surface area contributed by atoms with Crippen LogP contribution in [0.5, 0.6) is 0 Å². The second kappa shape index (κ2) is 6.90. The van der Waals surface area contributed by atoms with E-state index in [4.69, 9.17) is 4.74 Å². The third kappa shape index (κ3) is 3.17. The average molecular weight is 283 g/mol. The summed E-state index contributed by atoms with van der Waals surface area (Å²) in [5, 5.41) is 9.62. The number of likely N-dealkylation sites (tertiary alicyclic amines) is 1. The van der Waals surface area contributed by atoms with Crippen molar-refractivity contribution in [2.45, 2.75) is 70.5 Å². The molecule has 0 aromatic carbocycles. The SMILES string of the molecule is COCC(C(C)C)N1C(C(=O)O)CCC2CCCCC21. The molecule has 4 unspecified atom stereocenters. The van der Waals surface area contributed by atoms with Crippen LogP contribution in [0, 0.1) is 11.8 Å². The molecular weight excluding hydrogens is 254 g/mol. The summed E-state index contributed by atoms with van der Waals surface area (Å²) in [6.07, 6.45) is 6.84. The lowest BCUT2D eigenvalue weighted by atomic mass is 9.75. The Kier molecular flexibility index (Phi) is 5.44. The molecule has 0 aromatic rings. The van der Waals surface area contributed by atoms with Crippen LogP contribution >= 0.6 is 0 Å². The van der Waals surface area contributed by atoms with E-state index in [-0.39, 0.29) is 12.1 Å². The highest BCUT2D eigenvalue weighted by Gasteiger charge is 2.44. The van der Waals surface area contributed by atoms with Gasteiger partial charge in [-0.1, -0.05) is 26.7 Å². The second-order valence-electron chi connectivity index (χ2n) is 6.76. The molecule has 1 aliphatic carbocycles. The fourth-order valence-electron chi connectivity index (χ4n) is 4.19. The molecule has 4 nitrogen and oxygen atoms in total. The average Bonchev–Trinajstić information content (AvgIpc) is 2.43. The molecule has 0 aromatic heterocycles. The first-order chi connectivity index (χ1) is 9.56. The van der Waals surface area contributed by atoms with Crippen molar-refractivity contribution < 1.29 is 14.6 Å². The summed E-state index contributed by atoms with van der Waals surface area (Å²) < 4.78 is 5.39. The van der Waals surface area contributed by atoms with Crippen LogP contribution in [0.15, 0.2) is 0 Å². The molecule has 4 atom stereocenters. The molecule has 0 amide bonds. The summed E-state index contributed by atoms with van der Waals surface area (Å²) in [5.74, 6) is 0.450. The number of hydrogen-bond acceptors (Lipinski definition) is 3. The Morgan fingerprint density at radius 1 is 1.25 bits per heavy atom. The van der Waals surface area contributed by atoms with Crippen molar-refractivity contribution in [1.29, 1.82) is 0 Å². The number of rotatable bonds is 5. The standard InChI is InChI=1S/C16H29NO3/c1-11(2)15(10-20-3)17-13-7-5-4-6-12(13)8-9-14(17)16(18)19/h11-15H,4-10H2,1-3H3,(H,18,19). The van der Waals surface area contributed by atoms with Gasteiger partial charge in [0.1, 0.15) is 6.04 Å². The van der Waals surface area contributed by atoms with Gasteiger partial charge in [-0.2, -0.15) is 0 Å². The van der Waals surface area contributed by atoms with Gasteiger partial charge >= 0.3 is 5.97 Å². The van der Waals surface area contributed by atoms with Crippen LogP contribution in [0.2, 0.25) is 0 Å². The summed E-state index contributed by atoms with van der Waals surface area (Å²) in [5.41, 5.74) is 0.